The van der Waals surface area contributed by atoms with Gasteiger partial charge in [-0.1, -0.05) is 71.0 Å². The van der Waals surface area contributed by atoms with Crippen LogP contribution in [0.5, 0.6) is 11.5 Å². The molecule has 0 aliphatic rings. The molecule has 0 heterocycles. The number of hydrogen-bond donors (Lipinski definition) is 0. The van der Waals surface area contributed by atoms with Gasteiger partial charge in [0.1, 0.15) is 11.5 Å². The lowest BCUT2D eigenvalue weighted by molar-refractivity contribution is -0.425. The molecule has 0 saturated carbocycles. The highest BCUT2D eigenvalue weighted by atomic mass is 127. The maximum atomic E-state index is 14.4. The van der Waals surface area contributed by atoms with E-state index in [1.54, 1.807) is 31.2 Å². The van der Waals surface area contributed by atoms with Gasteiger partial charge in [0.05, 0.1) is 13.2 Å². The number of halogens is 14. The number of ether oxygens (including phenoxy) is 2. The third-order valence-electron chi connectivity index (χ3n) is 7.00. The summed E-state index contributed by atoms with van der Waals surface area (Å²) in [5.74, 6) is -40.0. The molecule has 0 bridgehead atoms. The van der Waals surface area contributed by atoms with Crippen molar-refractivity contribution in [3.8, 4) is 11.5 Å². The van der Waals surface area contributed by atoms with Crippen LogP contribution in [0.25, 0.3) is 0 Å². The van der Waals surface area contributed by atoms with E-state index in [0.717, 1.165) is 19.3 Å². The number of hydrogen-bond acceptors (Lipinski definition) is 2. The molecule has 16 heteroatoms. The van der Waals surface area contributed by atoms with E-state index in [0.29, 0.717) is 24.5 Å². The molecule has 0 spiro atoms. The minimum Gasteiger partial charge on any atom is -0.494 e. The molecule has 2 atom stereocenters. The van der Waals surface area contributed by atoms with Crippen LogP contribution in [-0.4, -0.2) is 56.6 Å². The lowest BCUT2D eigenvalue weighted by Crippen LogP contribution is -2.70. The Morgan fingerprint density at radius 1 is 0.609 bits per heavy atom. The average Bonchev–Trinajstić information content (AvgIpc) is 2.95. The highest BCUT2D eigenvalue weighted by Crippen LogP contribution is 2.61. The van der Waals surface area contributed by atoms with Crippen molar-refractivity contribution in [2.24, 2.45) is 0 Å². The van der Waals surface area contributed by atoms with Crippen LogP contribution in [0.1, 0.15) is 77.6 Å². The lowest BCUT2D eigenvalue weighted by atomic mass is 9.88. The summed E-state index contributed by atoms with van der Waals surface area (Å²) in [6.45, 7) is 5.81. The molecule has 2 nitrogen and oxygen atoms in total. The largest absolute Gasteiger partial charge is 0.494 e. The van der Waals surface area contributed by atoms with E-state index in [4.69, 9.17) is 9.47 Å². The van der Waals surface area contributed by atoms with E-state index in [2.05, 4.69) is 6.58 Å². The van der Waals surface area contributed by atoms with Crippen LogP contribution in [0.15, 0.2) is 36.9 Å². The summed E-state index contributed by atoms with van der Waals surface area (Å²) in [6.07, 6.45) is 0.732. The quantitative estimate of drug-likeness (QED) is 0.0338. The Morgan fingerprint density at radius 3 is 1.35 bits per heavy atom. The van der Waals surface area contributed by atoms with Crippen molar-refractivity contribution in [3.63, 3.8) is 0 Å². The number of benzene rings is 1. The number of allylic oxidation sites excluding steroid dienone is 1. The molecule has 46 heavy (non-hydrogen) atoms. The minimum atomic E-state index is -7.53. The maximum absolute atomic E-state index is 14.4. The second-order valence-electron chi connectivity index (χ2n) is 10.9. The number of unbranched alkanes of at least 4 members (excludes halogenated alkanes) is 4. The Morgan fingerprint density at radius 2 is 0.978 bits per heavy atom. The standard InChI is InChI=1S/C30H38F12I2O2/c1-3-5-7-9-17-45-23-13-15-24(16-14-23)46-18-10-8-12-22(44)20-26(33,34)28(37,38)30(41,42)29(39,40)27(35,36)25(31,32)19-21(43)11-6-4-2/h3,13-16,21-22H,1,4-12,17-20H2,2H3. The fourth-order valence-corrected chi connectivity index (χ4v) is 6.15. The second kappa shape index (κ2) is 18.3. The molecular weight excluding hydrogens is 874 g/mol. The Hall–Kier alpha value is -0.820. The van der Waals surface area contributed by atoms with Crippen LogP contribution in [0, 0.1) is 0 Å². The molecule has 0 saturated heterocycles. The Balaban J connectivity index is 2.74. The van der Waals surface area contributed by atoms with E-state index in [-0.39, 0.29) is 38.7 Å². The fraction of sp³-hybridized carbons (Fsp3) is 0.733. The van der Waals surface area contributed by atoms with Gasteiger partial charge in [-0.05, 0) is 69.2 Å². The third-order valence-corrected chi connectivity index (χ3v) is 9.13. The summed E-state index contributed by atoms with van der Waals surface area (Å²) < 4.78 is 180. The van der Waals surface area contributed by atoms with Gasteiger partial charge in [-0.2, -0.15) is 52.7 Å². The minimum absolute atomic E-state index is 0.0573. The summed E-state index contributed by atoms with van der Waals surface area (Å²) in [5, 5.41) is 0. The van der Waals surface area contributed by atoms with Crippen molar-refractivity contribution in [2.45, 2.75) is 121 Å². The normalized spacial score (nSPS) is 15.0. The van der Waals surface area contributed by atoms with Crippen LogP contribution in [0.2, 0.25) is 0 Å². The third kappa shape index (κ3) is 11.1. The van der Waals surface area contributed by atoms with Gasteiger partial charge in [-0.15, -0.1) is 6.58 Å². The van der Waals surface area contributed by atoms with Gasteiger partial charge >= 0.3 is 35.5 Å². The molecule has 0 amide bonds. The molecule has 1 aromatic rings. The van der Waals surface area contributed by atoms with Crippen LogP contribution < -0.4 is 9.47 Å². The van der Waals surface area contributed by atoms with Crippen LogP contribution in [0.4, 0.5) is 52.7 Å². The summed E-state index contributed by atoms with van der Waals surface area (Å²) in [4.78, 5) is 0. The Bertz CT molecular complexity index is 1040. The van der Waals surface area contributed by atoms with E-state index in [1.165, 1.54) is 45.2 Å². The summed E-state index contributed by atoms with van der Waals surface area (Å²) in [6, 6.07) is 6.56. The van der Waals surface area contributed by atoms with Gasteiger partial charge in [0, 0.05) is 20.7 Å². The van der Waals surface area contributed by atoms with Gasteiger partial charge in [0.2, 0.25) is 0 Å². The lowest BCUT2D eigenvalue weighted by Gasteiger charge is -2.42. The van der Waals surface area contributed by atoms with Gasteiger partial charge in [0.25, 0.3) is 0 Å². The summed E-state index contributed by atoms with van der Waals surface area (Å²) in [7, 11) is 0. The molecule has 1 aromatic carbocycles. The molecular formula is C30H38F12I2O2. The fourth-order valence-electron chi connectivity index (χ4n) is 4.17. The van der Waals surface area contributed by atoms with E-state index < -0.39 is 56.2 Å². The highest BCUT2D eigenvalue weighted by Gasteiger charge is 2.89. The zero-order valence-electron chi connectivity index (χ0n) is 25.0. The molecule has 2 unspecified atom stereocenters. The van der Waals surface area contributed by atoms with E-state index >= 15 is 0 Å². The smallest absolute Gasteiger partial charge is 0.384 e. The number of rotatable bonds is 24. The van der Waals surface area contributed by atoms with E-state index in [9.17, 15) is 52.7 Å². The molecule has 0 N–H and O–H groups in total. The Kier molecular flexibility index (Phi) is 17.1. The molecule has 0 aromatic heterocycles. The predicted octanol–water partition coefficient (Wildman–Crippen LogP) is 12.4. The molecule has 0 aliphatic heterocycles. The van der Waals surface area contributed by atoms with Crippen molar-refractivity contribution in [1.82, 2.24) is 0 Å². The predicted molar refractivity (Wildman–Crippen MR) is 169 cm³/mol. The molecule has 0 radical (unpaired) electrons. The topological polar surface area (TPSA) is 18.5 Å². The van der Waals surface area contributed by atoms with Gasteiger partial charge in [-0.25, -0.2) is 0 Å². The second-order valence-corrected chi connectivity index (χ2v) is 14.4. The van der Waals surface area contributed by atoms with Crippen molar-refractivity contribution < 1.29 is 62.2 Å². The van der Waals surface area contributed by atoms with Gasteiger partial charge in [-0.3, -0.25) is 0 Å². The first-order chi connectivity index (χ1) is 21.1. The molecule has 0 fully saturated rings. The molecule has 1 rings (SSSR count). The van der Waals surface area contributed by atoms with Crippen molar-refractivity contribution in [3.05, 3.63) is 36.9 Å². The average molecular weight is 912 g/mol. The first-order valence-electron chi connectivity index (χ1n) is 14.6. The van der Waals surface area contributed by atoms with Crippen molar-refractivity contribution in [2.75, 3.05) is 13.2 Å². The van der Waals surface area contributed by atoms with Crippen LogP contribution in [0.3, 0.4) is 0 Å². The van der Waals surface area contributed by atoms with E-state index in [1.807, 2.05) is 6.08 Å². The number of alkyl halides is 14. The van der Waals surface area contributed by atoms with Crippen LogP contribution >= 0.6 is 45.2 Å². The van der Waals surface area contributed by atoms with Gasteiger partial charge < -0.3 is 9.47 Å². The molecule has 268 valence electrons. The van der Waals surface area contributed by atoms with Gasteiger partial charge in [0.15, 0.2) is 0 Å². The summed E-state index contributed by atoms with van der Waals surface area (Å²) >= 11 is 2.44. The Labute approximate surface area is 288 Å². The SMILES string of the molecule is C=CCCCCOc1ccc(OCCCCC(I)CC(F)(F)C(F)(F)C(F)(F)C(F)(F)C(F)(F)C(F)(F)CC(I)CCCC)cc1. The molecule has 0 aliphatic carbocycles. The van der Waals surface area contributed by atoms with Crippen LogP contribution in [-0.2, 0) is 0 Å². The van der Waals surface area contributed by atoms with Crippen molar-refractivity contribution >= 4 is 45.2 Å². The summed E-state index contributed by atoms with van der Waals surface area (Å²) in [5.41, 5.74) is 0. The zero-order chi connectivity index (χ0) is 35.5. The monoisotopic (exact) mass is 912 g/mol. The maximum Gasteiger partial charge on any atom is 0.384 e. The van der Waals surface area contributed by atoms with Crippen molar-refractivity contribution in [1.29, 1.82) is 0 Å². The zero-order valence-corrected chi connectivity index (χ0v) is 29.4. The highest BCUT2D eigenvalue weighted by molar-refractivity contribution is 14.1. The first kappa shape index (κ1) is 43.2. The first-order valence-corrected chi connectivity index (χ1v) is 17.1.